The first-order valence-electron chi connectivity index (χ1n) is 8.41. The maximum absolute atomic E-state index is 11.7. The molecule has 2 N–H and O–H groups in total. The number of H-pyrrole nitrogens is 1. The molecule has 0 saturated heterocycles. The van der Waals surface area contributed by atoms with Gasteiger partial charge in [0.1, 0.15) is 23.8 Å². The van der Waals surface area contributed by atoms with Gasteiger partial charge in [0, 0.05) is 36.0 Å². The second-order valence-electron chi connectivity index (χ2n) is 6.11. The van der Waals surface area contributed by atoms with Gasteiger partial charge in [-0.05, 0) is 25.0 Å². The van der Waals surface area contributed by atoms with Crippen molar-refractivity contribution in [2.45, 2.75) is 38.8 Å². The molecule has 8 heteroatoms. The average molecular weight is 337 g/mol. The number of hydrogen-bond acceptors (Lipinski definition) is 6. The van der Waals surface area contributed by atoms with Crippen LogP contribution in [0.2, 0.25) is 0 Å². The molecule has 1 aliphatic rings. The zero-order valence-corrected chi connectivity index (χ0v) is 13.9. The fourth-order valence-corrected chi connectivity index (χ4v) is 3.01. The van der Waals surface area contributed by atoms with Crippen LogP contribution in [0.3, 0.4) is 0 Å². The maximum atomic E-state index is 11.7. The van der Waals surface area contributed by atoms with Crippen molar-refractivity contribution in [3.05, 3.63) is 52.6 Å². The SMILES string of the molecule is CCc1cc(=O)[nH]c(-c2ccc(NC3CCc4ncnn4C3)nc2)n1. The van der Waals surface area contributed by atoms with Gasteiger partial charge >= 0.3 is 0 Å². The van der Waals surface area contributed by atoms with Crippen LogP contribution in [0.15, 0.2) is 35.5 Å². The van der Waals surface area contributed by atoms with E-state index >= 15 is 0 Å². The molecule has 0 saturated carbocycles. The van der Waals surface area contributed by atoms with E-state index in [0.29, 0.717) is 5.82 Å². The average Bonchev–Trinajstić information content (AvgIpc) is 3.09. The van der Waals surface area contributed by atoms with Gasteiger partial charge in [-0.3, -0.25) is 4.79 Å². The van der Waals surface area contributed by atoms with Gasteiger partial charge in [0.15, 0.2) is 0 Å². The van der Waals surface area contributed by atoms with E-state index in [4.69, 9.17) is 0 Å². The van der Waals surface area contributed by atoms with Crippen molar-refractivity contribution in [1.82, 2.24) is 29.7 Å². The molecule has 8 nitrogen and oxygen atoms in total. The Labute approximate surface area is 144 Å². The number of fused-ring (bicyclic) bond motifs is 1. The van der Waals surface area contributed by atoms with Crippen LogP contribution in [-0.4, -0.2) is 35.8 Å². The van der Waals surface area contributed by atoms with Gasteiger partial charge in [0.2, 0.25) is 0 Å². The van der Waals surface area contributed by atoms with Crippen LogP contribution >= 0.6 is 0 Å². The minimum absolute atomic E-state index is 0.144. The minimum Gasteiger partial charge on any atom is -0.365 e. The largest absolute Gasteiger partial charge is 0.365 e. The zero-order valence-electron chi connectivity index (χ0n) is 13.9. The number of nitrogens with zero attached hydrogens (tertiary/aromatic N) is 5. The number of nitrogens with one attached hydrogen (secondary N) is 2. The maximum Gasteiger partial charge on any atom is 0.251 e. The van der Waals surface area contributed by atoms with Crippen LogP contribution in [0.25, 0.3) is 11.4 Å². The summed E-state index contributed by atoms with van der Waals surface area (Å²) in [6.07, 6.45) is 5.95. The standard InChI is InChI=1S/C17H19N7O/c1-2-12-7-16(25)23-17(22-12)11-3-5-14(18-8-11)21-13-4-6-15-19-10-20-24(15)9-13/h3,5,7-8,10,13H,2,4,6,9H2,1H3,(H,18,21)(H,22,23,25). The fraction of sp³-hybridized carbons (Fsp3) is 0.353. The smallest absolute Gasteiger partial charge is 0.251 e. The number of hydrogen-bond donors (Lipinski definition) is 2. The van der Waals surface area contributed by atoms with Gasteiger partial charge in [0.25, 0.3) is 5.56 Å². The highest BCUT2D eigenvalue weighted by Gasteiger charge is 2.19. The topological polar surface area (TPSA) is 101 Å². The number of aromatic amines is 1. The molecule has 4 rings (SSSR count). The highest BCUT2D eigenvalue weighted by Crippen LogP contribution is 2.18. The predicted molar refractivity (Wildman–Crippen MR) is 93.2 cm³/mol. The second kappa shape index (κ2) is 6.46. The lowest BCUT2D eigenvalue weighted by atomic mass is 10.1. The molecule has 0 aliphatic carbocycles. The Balaban J connectivity index is 1.49. The number of anilines is 1. The van der Waals surface area contributed by atoms with E-state index in [-0.39, 0.29) is 11.6 Å². The quantitative estimate of drug-likeness (QED) is 0.746. The lowest BCUT2D eigenvalue weighted by molar-refractivity contribution is 0.441. The van der Waals surface area contributed by atoms with Crippen molar-refractivity contribution in [2.24, 2.45) is 0 Å². The molecule has 4 heterocycles. The highest BCUT2D eigenvalue weighted by atomic mass is 16.1. The lowest BCUT2D eigenvalue weighted by Gasteiger charge is -2.24. The van der Waals surface area contributed by atoms with E-state index in [2.05, 4.69) is 30.4 Å². The molecule has 0 fully saturated rings. The normalized spacial score (nSPS) is 16.4. The van der Waals surface area contributed by atoms with Crippen LogP contribution in [0.1, 0.15) is 24.9 Å². The third-order valence-corrected chi connectivity index (χ3v) is 4.35. The Hall–Kier alpha value is -3.03. The Morgan fingerprint density at radius 3 is 3.08 bits per heavy atom. The van der Waals surface area contributed by atoms with Crippen LogP contribution in [0.4, 0.5) is 5.82 Å². The fourth-order valence-electron chi connectivity index (χ4n) is 3.01. The van der Waals surface area contributed by atoms with E-state index in [1.165, 1.54) is 6.07 Å². The van der Waals surface area contributed by atoms with E-state index in [0.717, 1.165) is 48.7 Å². The van der Waals surface area contributed by atoms with Crippen LogP contribution in [0, 0.1) is 0 Å². The molecule has 0 aromatic carbocycles. The van der Waals surface area contributed by atoms with Gasteiger partial charge in [0.05, 0.1) is 6.54 Å². The third-order valence-electron chi connectivity index (χ3n) is 4.35. The lowest BCUT2D eigenvalue weighted by Crippen LogP contribution is -2.32. The minimum atomic E-state index is -0.144. The number of aromatic nitrogens is 6. The Bertz CT molecular complexity index is 929. The van der Waals surface area contributed by atoms with E-state index in [1.54, 1.807) is 12.5 Å². The molecular formula is C17H19N7O. The molecule has 1 atom stereocenters. The number of aryl methyl sites for hydroxylation is 2. The summed E-state index contributed by atoms with van der Waals surface area (Å²) >= 11 is 0. The molecular weight excluding hydrogens is 318 g/mol. The summed E-state index contributed by atoms with van der Waals surface area (Å²) in [6, 6.07) is 5.62. The monoisotopic (exact) mass is 337 g/mol. The molecule has 1 aliphatic heterocycles. The first kappa shape index (κ1) is 15.5. The summed E-state index contributed by atoms with van der Waals surface area (Å²) in [6.45, 7) is 2.76. The molecule has 0 spiro atoms. The molecule has 0 radical (unpaired) electrons. The highest BCUT2D eigenvalue weighted by molar-refractivity contribution is 5.56. The van der Waals surface area contributed by atoms with Crippen LogP contribution in [-0.2, 0) is 19.4 Å². The molecule has 1 unspecified atom stereocenters. The van der Waals surface area contributed by atoms with Gasteiger partial charge in [-0.1, -0.05) is 6.92 Å². The van der Waals surface area contributed by atoms with Gasteiger partial charge in [-0.25, -0.2) is 19.6 Å². The molecule has 3 aromatic rings. The van der Waals surface area contributed by atoms with Gasteiger partial charge < -0.3 is 10.3 Å². The van der Waals surface area contributed by atoms with Gasteiger partial charge in [-0.2, -0.15) is 5.10 Å². The summed E-state index contributed by atoms with van der Waals surface area (Å²) in [5.41, 5.74) is 1.42. The zero-order chi connectivity index (χ0) is 17.2. The predicted octanol–water partition coefficient (Wildman–Crippen LogP) is 1.41. The van der Waals surface area contributed by atoms with Crippen molar-refractivity contribution in [2.75, 3.05) is 5.32 Å². The Morgan fingerprint density at radius 2 is 2.28 bits per heavy atom. The molecule has 0 bridgehead atoms. The third kappa shape index (κ3) is 3.28. The Kier molecular flexibility index (Phi) is 4.01. The van der Waals surface area contributed by atoms with E-state index in [9.17, 15) is 4.79 Å². The Morgan fingerprint density at radius 1 is 1.36 bits per heavy atom. The first-order chi connectivity index (χ1) is 12.2. The number of rotatable bonds is 4. The first-order valence-corrected chi connectivity index (χ1v) is 8.41. The summed E-state index contributed by atoms with van der Waals surface area (Å²) in [5.74, 6) is 2.38. The van der Waals surface area contributed by atoms with Crippen LogP contribution in [0.5, 0.6) is 0 Å². The summed E-state index contributed by atoms with van der Waals surface area (Å²) in [5, 5.41) is 7.66. The van der Waals surface area contributed by atoms with Crippen molar-refractivity contribution in [3.63, 3.8) is 0 Å². The number of pyridine rings is 1. The summed E-state index contributed by atoms with van der Waals surface area (Å²) in [4.78, 5) is 27.6. The van der Waals surface area contributed by atoms with Crippen molar-refractivity contribution >= 4 is 5.82 Å². The molecule has 3 aromatic heterocycles. The summed E-state index contributed by atoms with van der Waals surface area (Å²) < 4.78 is 1.93. The molecule has 25 heavy (non-hydrogen) atoms. The second-order valence-corrected chi connectivity index (χ2v) is 6.11. The van der Waals surface area contributed by atoms with Crippen molar-refractivity contribution < 1.29 is 0 Å². The molecule has 128 valence electrons. The van der Waals surface area contributed by atoms with E-state index < -0.39 is 0 Å². The van der Waals surface area contributed by atoms with Gasteiger partial charge in [-0.15, -0.1) is 0 Å². The van der Waals surface area contributed by atoms with E-state index in [1.807, 2.05) is 23.7 Å². The van der Waals surface area contributed by atoms with Crippen molar-refractivity contribution in [1.29, 1.82) is 0 Å². The van der Waals surface area contributed by atoms with Crippen LogP contribution < -0.4 is 10.9 Å². The summed E-state index contributed by atoms with van der Waals surface area (Å²) in [7, 11) is 0. The molecule has 0 amide bonds. The van der Waals surface area contributed by atoms with Crippen molar-refractivity contribution in [3.8, 4) is 11.4 Å².